The number of rotatable bonds is 1. The van der Waals surface area contributed by atoms with Crippen molar-refractivity contribution in [3.05, 3.63) is 28.8 Å². The van der Waals surface area contributed by atoms with Gasteiger partial charge in [-0.2, -0.15) is 0 Å². The number of amides is 1. The van der Waals surface area contributed by atoms with Crippen molar-refractivity contribution in [3.8, 4) is 0 Å². The zero-order valence-electron chi connectivity index (χ0n) is 12.5. The molecule has 0 atom stereocenters. The second-order valence-corrected chi connectivity index (χ2v) is 6.63. The monoisotopic (exact) mass is 314 g/mol. The van der Waals surface area contributed by atoms with Crippen LogP contribution in [0.2, 0.25) is 5.15 Å². The minimum Gasteiger partial charge on any atom is -0.444 e. The fraction of sp³-hybridized carbons (Fsp3) is 0.600. The Morgan fingerprint density at radius 2 is 2.00 bits per heavy atom. The maximum absolute atomic E-state index is 13.8. The lowest BCUT2D eigenvalue weighted by Crippen LogP contribution is -2.41. The van der Waals surface area contributed by atoms with Gasteiger partial charge < -0.3 is 9.64 Å². The van der Waals surface area contributed by atoms with Gasteiger partial charge in [0.05, 0.1) is 5.69 Å². The van der Waals surface area contributed by atoms with Crippen LogP contribution in [0.25, 0.3) is 0 Å². The molecule has 0 radical (unpaired) electrons. The molecule has 1 aliphatic heterocycles. The standard InChI is InChI=1S/C15H20ClFN2O2/c1-15(2,3)21-14(20)19-8-6-10(7-9-19)13-11(17)4-5-12(16)18-13/h4-5,10H,6-9H2,1-3H3. The molecule has 1 saturated heterocycles. The van der Waals surface area contributed by atoms with Crippen molar-refractivity contribution in [2.75, 3.05) is 13.1 Å². The number of piperidine rings is 1. The SMILES string of the molecule is CC(C)(C)OC(=O)N1CCC(c2nc(Cl)ccc2F)CC1. The fourth-order valence-corrected chi connectivity index (χ4v) is 2.54. The molecule has 1 aromatic rings. The predicted molar refractivity (Wildman–Crippen MR) is 79.0 cm³/mol. The summed E-state index contributed by atoms with van der Waals surface area (Å²) in [5, 5.41) is 0.293. The smallest absolute Gasteiger partial charge is 0.410 e. The molecule has 0 saturated carbocycles. The average molecular weight is 315 g/mol. The molecule has 1 fully saturated rings. The second kappa shape index (κ2) is 6.18. The van der Waals surface area contributed by atoms with Crippen molar-refractivity contribution in [1.29, 1.82) is 0 Å². The van der Waals surface area contributed by atoms with Crippen LogP contribution in [-0.4, -0.2) is 34.7 Å². The highest BCUT2D eigenvalue weighted by atomic mass is 35.5. The van der Waals surface area contributed by atoms with Gasteiger partial charge in [-0.05, 0) is 45.7 Å². The summed E-state index contributed by atoms with van der Waals surface area (Å²) in [5.74, 6) is -0.350. The third-order valence-electron chi connectivity index (χ3n) is 3.37. The fourth-order valence-electron chi connectivity index (χ4n) is 2.38. The lowest BCUT2D eigenvalue weighted by atomic mass is 9.93. The van der Waals surface area contributed by atoms with Gasteiger partial charge in [0, 0.05) is 19.0 Å². The Labute approximate surface area is 129 Å². The third-order valence-corrected chi connectivity index (χ3v) is 3.58. The van der Waals surface area contributed by atoms with Crippen LogP contribution in [-0.2, 0) is 4.74 Å². The first-order valence-electron chi connectivity index (χ1n) is 7.06. The number of likely N-dealkylation sites (tertiary alicyclic amines) is 1. The van der Waals surface area contributed by atoms with Gasteiger partial charge in [-0.1, -0.05) is 11.6 Å². The van der Waals surface area contributed by atoms with Gasteiger partial charge >= 0.3 is 6.09 Å². The average Bonchev–Trinajstić information content (AvgIpc) is 2.40. The number of hydrogen-bond acceptors (Lipinski definition) is 3. The van der Waals surface area contributed by atoms with E-state index in [1.54, 1.807) is 4.90 Å². The molecule has 0 aromatic carbocycles. The van der Waals surface area contributed by atoms with Gasteiger partial charge in [-0.15, -0.1) is 0 Å². The number of hydrogen-bond donors (Lipinski definition) is 0. The van der Waals surface area contributed by atoms with Crippen LogP contribution in [0.3, 0.4) is 0 Å². The van der Waals surface area contributed by atoms with Crippen LogP contribution in [0.5, 0.6) is 0 Å². The topological polar surface area (TPSA) is 42.4 Å². The first-order chi connectivity index (χ1) is 9.76. The molecule has 1 aromatic heterocycles. The molecule has 1 aliphatic rings. The summed E-state index contributed by atoms with van der Waals surface area (Å²) in [7, 11) is 0. The Kier molecular flexibility index (Phi) is 4.71. The maximum atomic E-state index is 13.8. The first-order valence-corrected chi connectivity index (χ1v) is 7.44. The van der Waals surface area contributed by atoms with E-state index in [1.807, 2.05) is 20.8 Å². The van der Waals surface area contributed by atoms with Crippen molar-refractivity contribution in [1.82, 2.24) is 9.88 Å². The summed E-state index contributed by atoms with van der Waals surface area (Å²) in [6, 6.07) is 2.78. The van der Waals surface area contributed by atoms with Crippen molar-refractivity contribution >= 4 is 17.7 Å². The molecule has 0 aliphatic carbocycles. The van der Waals surface area contributed by atoms with Crippen molar-refractivity contribution < 1.29 is 13.9 Å². The molecule has 0 unspecified atom stereocenters. The molecule has 2 heterocycles. The van der Waals surface area contributed by atoms with E-state index in [1.165, 1.54) is 12.1 Å². The van der Waals surface area contributed by atoms with Crippen LogP contribution < -0.4 is 0 Å². The summed E-state index contributed by atoms with van der Waals surface area (Å²) < 4.78 is 19.1. The second-order valence-electron chi connectivity index (χ2n) is 6.24. The Morgan fingerprint density at radius 1 is 1.38 bits per heavy atom. The highest BCUT2D eigenvalue weighted by molar-refractivity contribution is 6.29. The van der Waals surface area contributed by atoms with Gasteiger partial charge in [0.2, 0.25) is 0 Å². The van der Waals surface area contributed by atoms with Crippen molar-refractivity contribution in [2.24, 2.45) is 0 Å². The van der Waals surface area contributed by atoms with Crippen LogP contribution in [0.15, 0.2) is 12.1 Å². The van der Waals surface area contributed by atoms with E-state index >= 15 is 0 Å². The molecule has 0 bridgehead atoms. The third kappa shape index (κ3) is 4.30. The molecule has 0 spiro atoms. The van der Waals surface area contributed by atoms with Crippen LogP contribution in [0, 0.1) is 5.82 Å². The quantitative estimate of drug-likeness (QED) is 0.736. The van der Waals surface area contributed by atoms with Gasteiger partial charge in [-0.25, -0.2) is 14.2 Å². The number of aromatic nitrogens is 1. The Morgan fingerprint density at radius 3 is 2.57 bits per heavy atom. The molecule has 4 nitrogen and oxygen atoms in total. The van der Waals surface area contributed by atoms with E-state index in [4.69, 9.17) is 16.3 Å². The van der Waals surface area contributed by atoms with E-state index in [0.717, 1.165) is 0 Å². The number of carbonyl (C=O) groups is 1. The van der Waals surface area contributed by atoms with Gasteiger partial charge in [0.1, 0.15) is 16.6 Å². The summed E-state index contributed by atoms with van der Waals surface area (Å²) in [6.45, 7) is 6.58. The molecular formula is C15H20ClFN2O2. The van der Waals surface area contributed by atoms with Gasteiger partial charge in [0.25, 0.3) is 0 Å². The summed E-state index contributed by atoms with van der Waals surface area (Å²) in [6.07, 6.45) is 0.994. The zero-order chi connectivity index (χ0) is 15.6. The minimum atomic E-state index is -0.505. The lowest BCUT2D eigenvalue weighted by molar-refractivity contribution is 0.0203. The van der Waals surface area contributed by atoms with Gasteiger partial charge in [0.15, 0.2) is 0 Å². The van der Waals surface area contributed by atoms with E-state index in [9.17, 15) is 9.18 Å². The molecule has 116 valence electrons. The van der Waals surface area contributed by atoms with Crippen LogP contribution in [0.1, 0.15) is 45.2 Å². The molecule has 0 N–H and O–H groups in total. The molecule has 1 amide bonds. The number of carbonyl (C=O) groups excluding carboxylic acids is 1. The van der Waals surface area contributed by atoms with E-state index in [2.05, 4.69) is 4.98 Å². The molecule has 6 heteroatoms. The zero-order valence-corrected chi connectivity index (χ0v) is 13.3. The number of nitrogens with zero attached hydrogens (tertiary/aromatic N) is 2. The van der Waals surface area contributed by atoms with E-state index < -0.39 is 5.60 Å². The van der Waals surface area contributed by atoms with E-state index in [-0.39, 0.29) is 17.8 Å². The summed E-state index contributed by atoms with van der Waals surface area (Å²) in [5.41, 5.74) is -0.111. The number of halogens is 2. The predicted octanol–water partition coefficient (Wildman–Crippen LogP) is 3.99. The largest absolute Gasteiger partial charge is 0.444 e. The van der Waals surface area contributed by atoms with Crippen molar-refractivity contribution in [3.63, 3.8) is 0 Å². The number of pyridine rings is 1. The molecule has 2 rings (SSSR count). The minimum absolute atomic E-state index is 0.0117. The summed E-state index contributed by atoms with van der Waals surface area (Å²) in [4.78, 5) is 17.7. The molecular weight excluding hydrogens is 295 g/mol. The normalized spacial score (nSPS) is 16.9. The Balaban J connectivity index is 1.97. The van der Waals surface area contributed by atoms with Crippen molar-refractivity contribution in [2.45, 2.75) is 45.1 Å². The maximum Gasteiger partial charge on any atom is 0.410 e. The highest BCUT2D eigenvalue weighted by Crippen LogP contribution is 2.30. The Hall–Kier alpha value is -1.36. The first kappa shape index (κ1) is 16.0. The van der Waals surface area contributed by atoms with Crippen LogP contribution >= 0.6 is 11.6 Å². The van der Waals surface area contributed by atoms with E-state index in [0.29, 0.717) is 36.8 Å². The summed E-state index contributed by atoms with van der Waals surface area (Å²) >= 11 is 5.83. The number of ether oxygens (including phenoxy) is 1. The van der Waals surface area contributed by atoms with Gasteiger partial charge in [-0.3, -0.25) is 0 Å². The molecule has 21 heavy (non-hydrogen) atoms. The highest BCUT2D eigenvalue weighted by Gasteiger charge is 2.29. The van der Waals surface area contributed by atoms with Crippen LogP contribution in [0.4, 0.5) is 9.18 Å². The lowest BCUT2D eigenvalue weighted by Gasteiger charge is -2.33. The Bertz CT molecular complexity index is 523.